The van der Waals surface area contributed by atoms with Crippen molar-refractivity contribution in [2.24, 2.45) is 5.92 Å². The topological polar surface area (TPSA) is 73.6 Å². The third-order valence-electron chi connectivity index (χ3n) is 6.03. The van der Waals surface area contributed by atoms with Crippen molar-refractivity contribution in [3.63, 3.8) is 0 Å². The van der Waals surface area contributed by atoms with Crippen LogP contribution in [0.4, 0.5) is 19.1 Å². The Balaban J connectivity index is 1.64. The van der Waals surface area contributed by atoms with Gasteiger partial charge in [0.1, 0.15) is 11.9 Å². The molecule has 0 aliphatic carbocycles. The molecule has 8 heteroatoms. The summed E-state index contributed by atoms with van der Waals surface area (Å²) < 4.78 is 42.7. The maximum Gasteiger partial charge on any atom is 0.223 e. The van der Waals surface area contributed by atoms with Gasteiger partial charge in [-0.2, -0.15) is 5.26 Å². The van der Waals surface area contributed by atoms with Crippen LogP contribution in [-0.2, 0) is 0 Å². The van der Waals surface area contributed by atoms with Crippen LogP contribution in [0.25, 0.3) is 33.3 Å². The third kappa shape index (κ3) is 4.18. The number of hydrogen-bond acceptors (Lipinski definition) is 5. The third-order valence-corrected chi connectivity index (χ3v) is 6.03. The molecule has 5 nitrogen and oxygen atoms in total. The average Bonchev–Trinajstić information content (AvgIpc) is 3.37. The van der Waals surface area contributed by atoms with Gasteiger partial charge in [0.25, 0.3) is 0 Å². The minimum atomic E-state index is -0.947. The lowest BCUT2D eigenvalue weighted by molar-refractivity contribution is 0.511. The Morgan fingerprint density at radius 2 is 1.85 bits per heavy atom. The predicted molar refractivity (Wildman–Crippen MR) is 124 cm³/mol. The van der Waals surface area contributed by atoms with E-state index in [0.717, 1.165) is 25.6 Å². The number of hydrogen-bond donors (Lipinski definition) is 2. The molecule has 1 saturated heterocycles. The second kappa shape index (κ2) is 9.12. The standard InChI is InChI=1S/C26H20F3N5/c27-21-3-1-2-19(24(21)29)16-6-7-23-20(10-16)25(17-4-5-18(12-30)22(28)11-17)34-26(33-23)32-14-15-8-9-31-13-15/h1-7,10-11,15,31H,8-9,13-14H2,(H,32,33,34)/t15-/m0/s1. The summed E-state index contributed by atoms with van der Waals surface area (Å²) >= 11 is 0. The van der Waals surface area contributed by atoms with E-state index in [1.54, 1.807) is 24.3 Å². The van der Waals surface area contributed by atoms with Crippen LogP contribution < -0.4 is 10.6 Å². The Morgan fingerprint density at radius 3 is 2.62 bits per heavy atom. The van der Waals surface area contributed by atoms with Crippen LogP contribution >= 0.6 is 0 Å². The molecule has 1 aliphatic rings. The summed E-state index contributed by atoms with van der Waals surface area (Å²) in [5.74, 6) is -1.70. The van der Waals surface area contributed by atoms with Crippen molar-refractivity contribution in [3.05, 3.63) is 77.6 Å². The molecule has 170 valence electrons. The molecule has 4 aromatic rings. The molecule has 0 saturated carbocycles. The first kappa shape index (κ1) is 21.9. The molecular formula is C26H20F3N5. The Morgan fingerprint density at radius 1 is 1.00 bits per heavy atom. The summed E-state index contributed by atoms with van der Waals surface area (Å²) in [4.78, 5) is 9.24. The molecule has 2 N–H and O–H groups in total. The van der Waals surface area contributed by atoms with E-state index >= 15 is 0 Å². The molecular weight excluding hydrogens is 439 g/mol. The van der Waals surface area contributed by atoms with Crippen LogP contribution in [0, 0.1) is 34.7 Å². The maximum atomic E-state index is 14.5. The lowest BCUT2D eigenvalue weighted by atomic mass is 9.99. The minimum Gasteiger partial charge on any atom is -0.354 e. The van der Waals surface area contributed by atoms with Gasteiger partial charge in [0.05, 0.1) is 16.8 Å². The zero-order valence-electron chi connectivity index (χ0n) is 18.1. The quantitative estimate of drug-likeness (QED) is 0.425. The number of anilines is 1. The largest absolute Gasteiger partial charge is 0.354 e. The van der Waals surface area contributed by atoms with Crippen LogP contribution in [0.15, 0.2) is 54.6 Å². The molecule has 1 aromatic heterocycles. The highest BCUT2D eigenvalue weighted by Gasteiger charge is 2.18. The van der Waals surface area contributed by atoms with Crippen molar-refractivity contribution in [2.45, 2.75) is 6.42 Å². The van der Waals surface area contributed by atoms with Crippen molar-refractivity contribution in [2.75, 3.05) is 25.0 Å². The number of nitrogens with one attached hydrogen (secondary N) is 2. The lowest BCUT2D eigenvalue weighted by Crippen LogP contribution is -2.18. The highest BCUT2D eigenvalue weighted by molar-refractivity contribution is 5.96. The van der Waals surface area contributed by atoms with Crippen LogP contribution in [-0.4, -0.2) is 29.6 Å². The number of fused-ring (bicyclic) bond motifs is 1. The van der Waals surface area contributed by atoms with E-state index in [9.17, 15) is 13.2 Å². The summed E-state index contributed by atoms with van der Waals surface area (Å²) in [6.07, 6.45) is 1.05. The second-order valence-corrected chi connectivity index (χ2v) is 8.28. The molecule has 1 aliphatic heterocycles. The van der Waals surface area contributed by atoms with Gasteiger partial charge in [-0.25, -0.2) is 23.1 Å². The van der Waals surface area contributed by atoms with Crippen LogP contribution in [0.2, 0.25) is 0 Å². The van der Waals surface area contributed by atoms with E-state index in [-0.39, 0.29) is 11.1 Å². The van der Waals surface area contributed by atoms with E-state index < -0.39 is 17.5 Å². The zero-order valence-corrected chi connectivity index (χ0v) is 18.1. The van der Waals surface area contributed by atoms with Gasteiger partial charge < -0.3 is 10.6 Å². The molecule has 0 amide bonds. The summed E-state index contributed by atoms with van der Waals surface area (Å²) in [6.45, 7) is 2.57. The molecule has 0 unspecified atom stereocenters. The van der Waals surface area contributed by atoms with Gasteiger partial charge in [0.2, 0.25) is 5.95 Å². The molecule has 34 heavy (non-hydrogen) atoms. The number of nitriles is 1. The maximum absolute atomic E-state index is 14.5. The number of benzene rings is 3. The van der Waals surface area contributed by atoms with Crippen molar-refractivity contribution < 1.29 is 13.2 Å². The first-order valence-electron chi connectivity index (χ1n) is 10.9. The monoisotopic (exact) mass is 459 g/mol. The average molecular weight is 459 g/mol. The Labute approximate surface area is 194 Å². The van der Waals surface area contributed by atoms with E-state index in [4.69, 9.17) is 5.26 Å². The summed E-state index contributed by atoms with van der Waals surface area (Å²) in [5.41, 5.74) is 1.93. The van der Waals surface area contributed by atoms with Crippen molar-refractivity contribution in [1.82, 2.24) is 15.3 Å². The highest BCUT2D eigenvalue weighted by Crippen LogP contribution is 2.33. The Kier molecular flexibility index (Phi) is 5.86. The van der Waals surface area contributed by atoms with Crippen molar-refractivity contribution in [1.29, 1.82) is 5.26 Å². The molecule has 5 rings (SSSR count). The Hall–Kier alpha value is -3.96. The first-order valence-corrected chi connectivity index (χ1v) is 10.9. The van der Waals surface area contributed by atoms with Gasteiger partial charge >= 0.3 is 0 Å². The first-order chi connectivity index (χ1) is 16.5. The van der Waals surface area contributed by atoms with E-state index in [2.05, 4.69) is 20.6 Å². The summed E-state index contributed by atoms with van der Waals surface area (Å²) in [5, 5.41) is 16.2. The highest BCUT2D eigenvalue weighted by atomic mass is 19.2. The molecule has 2 heterocycles. The van der Waals surface area contributed by atoms with Gasteiger partial charge in [-0.05, 0) is 61.3 Å². The minimum absolute atomic E-state index is 0.0725. The van der Waals surface area contributed by atoms with E-state index in [1.807, 2.05) is 6.07 Å². The number of nitrogens with zero attached hydrogens (tertiary/aromatic N) is 3. The van der Waals surface area contributed by atoms with Crippen LogP contribution in [0.3, 0.4) is 0 Å². The fourth-order valence-corrected chi connectivity index (χ4v) is 4.20. The van der Waals surface area contributed by atoms with Crippen LogP contribution in [0.5, 0.6) is 0 Å². The van der Waals surface area contributed by atoms with E-state index in [1.165, 1.54) is 24.3 Å². The van der Waals surface area contributed by atoms with Crippen molar-refractivity contribution >= 4 is 16.9 Å². The molecule has 0 spiro atoms. The molecule has 1 fully saturated rings. The lowest BCUT2D eigenvalue weighted by Gasteiger charge is -2.14. The second-order valence-electron chi connectivity index (χ2n) is 8.28. The van der Waals surface area contributed by atoms with Crippen molar-refractivity contribution in [3.8, 4) is 28.5 Å². The smallest absolute Gasteiger partial charge is 0.223 e. The van der Waals surface area contributed by atoms with Crippen LogP contribution in [0.1, 0.15) is 12.0 Å². The molecule has 0 radical (unpaired) electrons. The fourth-order valence-electron chi connectivity index (χ4n) is 4.20. The number of aromatic nitrogens is 2. The summed E-state index contributed by atoms with van der Waals surface area (Å²) in [7, 11) is 0. The number of halogens is 3. The number of rotatable bonds is 5. The zero-order chi connectivity index (χ0) is 23.7. The molecule has 3 aromatic carbocycles. The van der Waals surface area contributed by atoms with E-state index in [0.29, 0.717) is 46.1 Å². The predicted octanol–water partition coefficient (Wildman–Crippen LogP) is 5.27. The van der Waals surface area contributed by atoms with Gasteiger partial charge in [0, 0.05) is 23.1 Å². The normalized spacial score (nSPS) is 15.4. The van der Waals surface area contributed by atoms with Gasteiger partial charge in [-0.15, -0.1) is 0 Å². The fraction of sp³-hybridized carbons (Fsp3) is 0.192. The SMILES string of the molecule is N#Cc1ccc(-c2nc(NC[C@H]3CCNC3)nc3ccc(-c4cccc(F)c4F)cc23)cc1F. The molecule has 1 atom stereocenters. The summed E-state index contributed by atoms with van der Waals surface area (Å²) in [6, 6.07) is 15.1. The molecule has 0 bridgehead atoms. The Bertz CT molecular complexity index is 1420. The van der Waals surface area contributed by atoms with Gasteiger partial charge in [0.15, 0.2) is 11.6 Å². The van der Waals surface area contributed by atoms with Gasteiger partial charge in [-0.3, -0.25) is 0 Å². The van der Waals surface area contributed by atoms with Gasteiger partial charge in [-0.1, -0.05) is 24.3 Å².